The van der Waals surface area contributed by atoms with Gasteiger partial charge in [0.1, 0.15) is 28.3 Å². The summed E-state index contributed by atoms with van der Waals surface area (Å²) in [6, 6.07) is 26.9. The molecule has 1 N–H and O–H groups in total. The van der Waals surface area contributed by atoms with E-state index >= 15 is 13.2 Å². The largest absolute Gasteiger partial charge is 0.422 e. The zero-order chi connectivity index (χ0) is 27.4. The third-order valence-corrected chi connectivity index (χ3v) is 14.2. The van der Waals surface area contributed by atoms with Crippen LogP contribution in [0.5, 0.6) is 0 Å². The zero-order valence-corrected chi connectivity index (χ0v) is 23.3. The standard InChI is InChI=1S/C28H34F3O4P2/c1-5-34-36(33,35-6-2)22-27(32,28(29,30)31)26(3,4)37(23-16-10-7-11-17-23,24-18-12-8-13-19-24)25-20-14-9-15-21-25/h7-21,32H,5-6,22H2,1-4H3/q+1. The smallest absolute Gasteiger partial charge is 0.377 e. The molecule has 0 aromatic heterocycles. The van der Waals surface area contributed by atoms with Crippen molar-refractivity contribution in [3.8, 4) is 0 Å². The van der Waals surface area contributed by atoms with E-state index in [2.05, 4.69) is 0 Å². The molecule has 3 rings (SSSR count). The van der Waals surface area contributed by atoms with Crippen LogP contribution in [0, 0.1) is 0 Å². The predicted molar refractivity (Wildman–Crippen MR) is 146 cm³/mol. The van der Waals surface area contributed by atoms with Crippen LogP contribution >= 0.6 is 14.9 Å². The van der Waals surface area contributed by atoms with Crippen molar-refractivity contribution in [2.24, 2.45) is 0 Å². The lowest BCUT2D eigenvalue weighted by Crippen LogP contribution is -2.66. The summed E-state index contributed by atoms with van der Waals surface area (Å²) in [5.74, 6) is 0. The van der Waals surface area contributed by atoms with Crippen molar-refractivity contribution in [1.29, 1.82) is 0 Å². The second kappa shape index (κ2) is 11.4. The molecule has 0 spiro atoms. The number of hydrogen-bond acceptors (Lipinski definition) is 4. The van der Waals surface area contributed by atoms with Gasteiger partial charge < -0.3 is 14.2 Å². The molecule has 0 bridgehead atoms. The summed E-state index contributed by atoms with van der Waals surface area (Å²) in [5, 5.41) is 12.0. The maximum atomic E-state index is 15.2. The van der Waals surface area contributed by atoms with Gasteiger partial charge in [-0.25, -0.2) is 0 Å². The van der Waals surface area contributed by atoms with Gasteiger partial charge in [0, 0.05) is 0 Å². The second-order valence-corrected chi connectivity index (χ2v) is 15.3. The van der Waals surface area contributed by atoms with Crippen LogP contribution in [0.1, 0.15) is 27.7 Å². The van der Waals surface area contributed by atoms with Gasteiger partial charge in [-0.05, 0) is 64.1 Å². The molecule has 0 aliphatic heterocycles. The van der Waals surface area contributed by atoms with Gasteiger partial charge in [-0.2, -0.15) is 13.2 Å². The number of alkyl halides is 3. The summed E-state index contributed by atoms with van der Waals surface area (Å²) in [6.45, 7) is 5.65. The number of benzene rings is 3. The van der Waals surface area contributed by atoms with Crippen LogP contribution in [-0.2, 0) is 13.6 Å². The molecule has 37 heavy (non-hydrogen) atoms. The Morgan fingerprint density at radius 3 is 1.32 bits per heavy atom. The first-order chi connectivity index (χ1) is 17.4. The molecule has 3 aromatic rings. The Hall–Kier alpha value is -2.01. The molecule has 3 aromatic carbocycles. The van der Waals surface area contributed by atoms with E-state index in [4.69, 9.17) is 9.05 Å². The molecule has 9 heteroatoms. The average Bonchev–Trinajstić information content (AvgIpc) is 2.86. The number of rotatable bonds is 11. The summed E-state index contributed by atoms with van der Waals surface area (Å²) in [6.07, 6.45) is -6.39. The molecule has 0 heterocycles. The Morgan fingerprint density at radius 1 is 0.730 bits per heavy atom. The van der Waals surface area contributed by atoms with Crippen molar-refractivity contribution in [3.63, 3.8) is 0 Å². The lowest BCUT2D eigenvalue weighted by atomic mass is 9.90. The Bertz CT molecular complexity index is 1080. The Morgan fingerprint density at radius 2 is 1.05 bits per heavy atom. The molecular formula is C28H34F3O4P2+. The van der Waals surface area contributed by atoms with E-state index in [1.54, 1.807) is 91.0 Å². The highest BCUT2D eigenvalue weighted by atomic mass is 31.2. The Kier molecular flexibility index (Phi) is 9.09. The highest BCUT2D eigenvalue weighted by Crippen LogP contribution is 2.72. The molecular weight excluding hydrogens is 519 g/mol. The summed E-state index contributed by atoms with van der Waals surface area (Å²) < 4.78 is 69.8. The molecule has 1 atom stereocenters. The van der Waals surface area contributed by atoms with Gasteiger partial charge in [-0.1, -0.05) is 54.6 Å². The fourth-order valence-electron chi connectivity index (χ4n) is 5.08. The molecule has 0 amide bonds. The zero-order valence-electron chi connectivity index (χ0n) is 21.5. The minimum absolute atomic E-state index is 0.123. The normalized spacial score (nSPS) is 14.8. The molecule has 0 radical (unpaired) electrons. The molecule has 0 aliphatic rings. The molecule has 0 fully saturated rings. The summed E-state index contributed by atoms with van der Waals surface area (Å²) in [4.78, 5) is 0. The first kappa shape index (κ1) is 29.5. The van der Waals surface area contributed by atoms with Gasteiger partial charge in [0.25, 0.3) is 0 Å². The van der Waals surface area contributed by atoms with Crippen LogP contribution < -0.4 is 15.9 Å². The average molecular weight is 554 g/mol. The van der Waals surface area contributed by atoms with E-state index in [1.807, 2.05) is 0 Å². The van der Waals surface area contributed by atoms with Crippen LogP contribution in [0.15, 0.2) is 91.0 Å². The van der Waals surface area contributed by atoms with Crippen LogP contribution in [0.3, 0.4) is 0 Å². The van der Waals surface area contributed by atoms with Crippen molar-refractivity contribution >= 4 is 30.8 Å². The van der Waals surface area contributed by atoms with Crippen molar-refractivity contribution in [1.82, 2.24) is 0 Å². The van der Waals surface area contributed by atoms with E-state index in [9.17, 15) is 9.67 Å². The first-order valence-electron chi connectivity index (χ1n) is 12.1. The van der Waals surface area contributed by atoms with Crippen LogP contribution in [-0.4, -0.2) is 41.4 Å². The van der Waals surface area contributed by atoms with Crippen LogP contribution in [0.2, 0.25) is 0 Å². The SMILES string of the molecule is CCOP(=O)(CC(O)(C(F)(F)F)C(C)(C)[P+](c1ccccc1)(c1ccccc1)c1ccccc1)OCC. The summed E-state index contributed by atoms with van der Waals surface area (Å²) in [5.41, 5.74) is -3.45. The van der Waals surface area contributed by atoms with E-state index < -0.39 is 38.0 Å². The lowest BCUT2D eigenvalue weighted by molar-refractivity contribution is -0.261. The van der Waals surface area contributed by atoms with Crippen molar-refractivity contribution < 1.29 is 31.9 Å². The van der Waals surface area contributed by atoms with E-state index in [0.717, 1.165) is 0 Å². The fourth-order valence-corrected chi connectivity index (χ4v) is 12.8. The Balaban J connectivity index is 2.48. The van der Waals surface area contributed by atoms with Crippen molar-refractivity contribution in [2.75, 3.05) is 19.4 Å². The minimum Gasteiger partial charge on any atom is -0.377 e. The second-order valence-electron chi connectivity index (χ2n) is 9.20. The van der Waals surface area contributed by atoms with E-state index in [-0.39, 0.29) is 13.2 Å². The molecule has 0 saturated carbocycles. The molecule has 4 nitrogen and oxygen atoms in total. The number of hydrogen-bond donors (Lipinski definition) is 1. The summed E-state index contributed by atoms with van der Waals surface area (Å²) in [7, 11) is -7.63. The third-order valence-electron chi connectivity index (χ3n) is 6.82. The van der Waals surface area contributed by atoms with Gasteiger partial charge in [0.2, 0.25) is 5.60 Å². The van der Waals surface area contributed by atoms with E-state index in [0.29, 0.717) is 15.9 Å². The van der Waals surface area contributed by atoms with Gasteiger partial charge in [0.05, 0.1) is 19.4 Å². The van der Waals surface area contributed by atoms with Gasteiger partial charge in [-0.15, -0.1) is 0 Å². The maximum absolute atomic E-state index is 15.2. The minimum atomic E-state index is -5.16. The first-order valence-corrected chi connectivity index (χ1v) is 15.6. The Labute approximate surface area is 217 Å². The van der Waals surface area contributed by atoms with Gasteiger partial charge in [0.15, 0.2) is 0 Å². The number of aliphatic hydroxyl groups is 1. The third kappa shape index (κ3) is 5.30. The van der Waals surface area contributed by atoms with Crippen molar-refractivity contribution in [2.45, 2.75) is 44.6 Å². The highest BCUT2D eigenvalue weighted by Gasteiger charge is 2.76. The van der Waals surface area contributed by atoms with Crippen LogP contribution in [0.4, 0.5) is 13.2 Å². The van der Waals surface area contributed by atoms with Crippen molar-refractivity contribution in [3.05, 3.63) is 91.0 Å². The predicted octanol–water partition coefficient (Wildman–Crippen LogP) is 6.32. The number of halogens is 3. The molecule has 0 saturated heterocycles. The summed E-state index contributed by atoms with van der Waals surface area (Å²) >= 11 is 0. The molecule has 1 unspecified atom stereocenters. The quantitative estimate of drug-likeness (QED) is 0.283. The van der Waals surface area contributed by atoms with E-state index in [1.165, 1.54) is 27.7 Å². The fraction of sp³-hybridized carbons (Fsp3) is 0.357. The lowest BCUT2D eigenvalue weighted by Gasteiger charge is -2.50. The highest BCUT2D eigenvalue weighted by molar-refractivity contribution is 7.97. The topological polar surface area (TPSA) is 55.8 Å². The van der Waals surface area contributed by atoms with Gasteiger partial charge >= 0.3 is 13.8 Å². The van der Waals surface area contributed by atoms with Gasteiger partial charge in [-0.3, -0.25) is 4.57 Å². The van der Waals surface area contributed by atoms with Crippen LogP contribution in [0.25, 0.3) is 0 Å². The maximum Gasteiger partial charge on any atom is 0.422 e. The monoisotopic (exact) mass is 553 g/mol. The molecule has 0 aliphatic carbocycles. The molecule has 200 valence electrons.